The number of hydrogen-bond donors (Lipinski definition) is 0. The molecule has 0 atom stereocenters. The molecule has 0 amide bonds. The van der Waals surface area contributed by atoms with E-state index in [0.717, 1.165) is 0 Å². The van der Waals surface area contributed by atoms with Crippen LogP contribution in [0.3, 0.4) is 0 Å². The van der Waals surface area contributed by atoms with Crippen LogP contribution in [0.15, 0.2) is 12.1 Å². The second-order valence-electron chi connectivity index (χ2n) is 2.86. The maximum atomic E-state index is 13.2. The van der Waals surface area contributed by atoms with Crippen LogP contribution in [-0.4, -0.2) is 13.2 Å². The smallest absolute Gasteiger partial charge is 0.303 e. The third kappa shape index (κ3) is 1.69. The van der Waals surface area contributed by atoms with Crippen LogP contribution in [-0.2, 0) is 13.6 Å². The lowest BCUT2D eigenvalue weighted by molar-refractivity contribution is 0.360. The molecule has 1 saturated heterocycles. The van der Waals surface area contributed by atoms with Crippen LogP contribution in [0.1, 0.15) is 0 Å². The summed E-state index contributed by atoms with van der Waals surface area (Å²) in [5.41, 5.74) is 0. The van der Waals surface area contributed by atoms with Gasteiger partial charge in [0.2, 0.25) is 0 Å². The average Bonchev–Trinajstić information content (AvgIpc) is 2.60. The Balaban J connectivity index is 2.61. The molecule has 0 saturated carbocycles. The van der Waals surface area contributed by atoms with Crippen LogP contribution in [0, 0.1) is 17.5 Å². The summed E-state index contributed by atoms with van der Waals surface area (Å²) in [4.78, 5) is 0. The summed E-state index contributed by atoms with van der Waals surface area (Å²) in [6.45, 7) is -0.0701. The molecule has 1 aromatic carbocycles. The summed E-state index contributed by atoms with van der Waals surface area (Å²) in [6, 6.07) is 1.29. The fraction of sp³-hybridized carbons (Fsp3) is 0.250. The molecule has 1 aliphatic heterocycles. The van der Waals surface area contributed by atoms with E-state index in [9.17, 15) is 17.7 Å². The molecule has 0 unspecified atom stereocenters. The van der Waals surface area contributed by atoms with Gasteiger partial charge in [0.25, 0.3) is 0 Å². The van der Waals surface area contributed by atoms with Crippen molar-refractivity contribution >= 4 is 12.9 Å². The highest BCUT2D eigenvalue weighted by atomic mass is 31.2. The predicted molar refractivity (Wildman–Crippen MR) is 45.5 cm³/mol. The molecular formula is C8H6F3O3P. The Hall–Kier alpha value is -0.840. The predicted octanol–water partition coefficient (Wildman–Crippen LogP) is 1.97. The quantitative estimate of drug-likeness (QED) is 0.554. The average molecular weight is 238 g/mol. The normalized spacial score (nSPS) is 19.4. The molecule has 0 N–H and O–H groups in total. The minimum Gasteiger partial charge on any atom is -0.303 e. The third-order valence-corrected chi connectivity index (χ3v) is 3.90. The Bertz CT molecular complexity index is 439. The van der Waals surface area contributed by atoms with E-state index in [0.29, 0.717) is 12.1 Å². The van der Waals surface area contributed by atoms with E-state index >= 15 is 0 Å². The number of hydrogen-bond acceptors (Lipinski definition) is 3. The van der Waals surface area contributed by atoms with Crippen molar-refractivity contribution in [3.8, 4) is 0 Å². The SMILES string of the molecule is O=P1(c2c(F)ccc(F)c2F)OCCO1. The molecule has 15 heavy (non-hydrogen) atoms. The molecule has 1 fully saturated rings. The number of rotatable bonds is 1. The fourth-order valence-corrected chi connectivity index (χ4v) is 2.89. The molecule has 0 spiro atoms. The number of benzene rings is 1. The van der Waals surface area contributed by atoms with Crippen molar-refractivity contribution in [2.45, 2.75) is 0 Å². The molecule has 0 bridgehead atoms. The van der Waals surface area contributed by atoms with Crippen molar-refractivity contribution < 1.29 is 26.8 Å². The van der Waals surface area contributed by atoms with Crippen LogP contribution in [0.4, 0.5) is 13.2 Å². The fourth-order valence-electron chi connectivity index (χ4n) is 1.25. The van der Waals surface area contributed by atoms with Gasteiger partial charge in [0, 0.05) is 0 Å². The zero-order valence-electron chi connectivity index (χ0n) is 7.37. The standard InChI is InChI=1S/C8H6F3O3P/c9-5-1-2-6(10)8(7(5)11)15(12)13-3-4-14-15/h1-2H,3-4H2. The Morgan fingerprint density at radius 2 is 1.60 bits per heavy atom. The molecular weight excluding hydrogens is 232 g/mol. The summed E-state index contributed by atoms with van der Waals surface area (Å²) in [5.74, 6) is -3.96. The first kappa shape index (κ1) is 10.7. The van der Waals surface area contributed by atoms with Crippen LogP contribution >= 0.6 is 7.60 Å². The lowest BCUT2D eigenvalue weighted by Crippen LogP contribution is -2.16. The largest absolute Gasteiger partial charge is 0.367 e. The van der Waals surface area contributed by atoms with E-state index in [1.807, 2.05) is 0 Å². The minimum absolute atomic E-state index is 0.0350. The van der Waals surface area contributed by atoms with Gasteiger partial charge in [-0.3, -0.25) is 4.57 Å². The van der Waals surface area contributed by atoms with Gasteiger partial charge in [-0.1, -0.05) is 0 Å². The van der Waals surface area contributed by atoms with Gasteiger partial charge in [0.05, 0.1) is 13.2 Å². The van der Waals surface area contributed by atoms with Crippen molar-refractivity contribution in [1.82, 2.24) is 0 Å². The van der Waals surface area contributed by atoms with Crippen LogP contribution in [0.25, 0.3) is 0 Å². The van der Waals surface area contributed by atoms with Crippen molar-refractivity contribution in [2.24, 2.45) is 0 Å². The van der Waals surface area contributed by atoms with E-state index in [1.54, 1.807) is 0 Å². The maximum Gasteiger partial charge on any atom is 0.367 e. The minimum atomic E-state index is -4.01. The Morgan fingerprint density at radius 3 is 2.20 bits per heavy atom. The Kier molecular flexibility index (Phi) is 2.58. The van der Waals surface area contributed by atoms with Crippen molar-refractivity contribution in [3.63, 3.8) is 0 Å². The summed E-state index contributed by atoms with van der Waals surface area (Å²) >= 11 is 0. The van der Waals surface area contributed by atoms with E-state index in [4.69, 9.17) is 0 Å². The molecule has 2 rings (SSSR count). The van der Waals surface area contributed by atoms with Gasteiger partial charge in [-0.15, -0.1) is 0 Å². The van der Waals surface area contributed by atoms with Gasteiger partial charge in [0.15, 0.2) is 11.6 Å². The van der Waals surface area contributed by atoms with E-state index < -0.39 is 30.4 Å². The first-order chi connectivity index (χ1) is 7.04. The van der Waals surface area contributed by atoms with Crippen molar-refractivity contribution in [2.75, 3.05) is 13.2 Å². The highest BCUT2D eigenvalue weighted by molar-refractivity contribution is 7.62. The lowest BCUT2D eigenvalue weighted by atomic mass is 10.3. The maximum absolute atomic E-state index is 13.2. The van der Waals surface area contributed by atoms with Crippen LogP contribution < -0.4 is 5.30 Å². The first-order valence-electron chi connectivity index (χ1n) is 4.08. The zero-order valence-corrected chi connectivity index (χ0v) is 8.27. The summed E-state index contributed by atoms with van der Waals surface area (Å²) in [6.07, 6.45) is 0. The molecule has 0 radical (unpaired) electrons. The molecule has 0 aliphatic carbocycles. The topological polar surface area (TPSA) is 35.5 Å². The number of halogens is 3. The summed E-state index contributed by atoms with van der Waals surface area (Å²) < 4.78 is 60.2. The summed E-state index contributed by atoms with van der Waals surface area (Å²) in [5, 5.41) is -0.958. The summed E-state index contributed by atoms with van der Waals surface area (Å²) in [7, 11) is -4.01. The first-order valence-corrected chi connectivity index (χ1v) is 5.62. The second kappa shape index (κ2) is 3.63. The highest BCUT2D eigenvalue weighted by Crippen LogP contribution is 2.51. The second-order valence-corrected chi connectivity index (χ2v) is 4.81. The van der Waals surface area contributed by atoms with Gasteiger partial charge < -0.3 is 9.05 Å². The molecule has 1 aliphatic rings. The van der Waals surface area contributed by atoms with E-state index in [2.05, 4.69) is 9.05 Å². The molecule has 7 heteroatoms. The van der Waals surface area contributed by atoms with Gasteiger partial charge in [0.1, 0.15) is 11.1 Å². The van der Waals surface area contributed by atoms with Crippen LogP contribution in [0.5, 0.6) is 0 Å². The molecule has 1 heterocycles. The van der Waals surface area contributed by atoms with E-state index in [-0.39, 0.29) is 13.2 Å². The highest BCUT2D eigenvalue weighted by Gasteiger charge is 2.39. The molecule has 3 nitrogen and oxygen atoms in total. The van der Waals surface area contributed by atoms with Crippen molar-refractivity contribution in [1.29, 1.82) is 0 Å². The van der Waals surface area contributed by atoms with Gasteiger partial charge >= 0.3 is 7.60 Å². The van der Waals surface area contributed by atoms with Gasteiger partial charge in [-0.05, 0) is 12.1 Å². The third-order valence-electron chi connectivity index (χ3n) is 1.90. The van der Waals surface area contributed by atoms with Crippen LogP contribution in [0.2, 0.25) is 0 Å². The van der Waals surface area contributed by atoms with Crippen molar-refractivity contribution in [3.05, 3.63) is 29.6 Å². The van der Waals surface area contributed by atoms with Gasteiger partial charge in [-0.25, -0.2) is 13.2 Å². The lowest BCUT2D eigenvalue weighted by Gasteiger charge is -2.11. The molecule has 0 aromatic heterocycles. The monoisotopic (exact) mass is 238 g/mol. The Labute approximate surface area is 83.3 Å². The van der Waals surface area contributed by atoms with E-state index in [1.165, 1.54) is 0 Å². The van der Waals surface area contributed by atoms with Gasteiger partial charge in [-0.2, -0.15) is 0 Å². The zero-order chi connectivity index (χ0) is 11.1. The molecule has 1 aromatic rings. The Morgan fingerprint density at radius 1 is 1.07 bits per heavy atom. The molecule has 82 valence electrons.